The zero-order valence-electron chi connectivity index (χ0n) is 15.4. The third-order valence-corrected chi connectivity index (χ3v) is 6.24. The summed E-state index contributed by atoms with van der Waals surface area (Å²) in [6.07, 6.45) is 2.41. The zero-order valence-corrected chi connectivity index (χ0v) is 16.4. The minimum absolute atomic E-state index is 0.180. The van der Waals surface area contributed by atoms with Crippen molar-refractivity contribution in [3.8, 4) is 0 Å². The van der Waals surface area contributed by atoms with Crippen molar-refractivity contribution in [3.05, 3.63) is 58.7 Å². The number of nitrogens with one attached hydrogen (secondary N) is 1. The molecule has 0 saturated heterocycles. The van der Waals surface area contributed by atoms with Gasteiger partial charge < -0.3 is 5.32 Å². The van der Waals surface area contributed by atoms with Crippen LogP contribution in [0.15, 0.2) is 36.4 Å². The summed E-state index contributed by atoms with van der Waals surface area (Å²) in [6.45, 7) is 11.3. The molecule has 0 aliphatic carbocycles. The summed E-state index contributed by atoms with van der Waals surface area (Å²) in [5, 5.41) is 5.09. The molecule has 0 aliphatic heterocycles. The summed E-state index contributed by atoms with van der Waals surface area (Å²) in [4.78, 5) is 0. The normalized spacial score (nSPS) is 14.2. The van der Waals surface area contributed by atoms with Crippen LogP contribution in [0.25, 0.3) is 0 Å². The van der Waals surface area contributed by atoms with Crippen LogP contribution < -0.4 is 10.6 Å². The fraction of sp³-hybridized carbons (Fsp3) is 0.429. The monoisotopic (exact) mass is 327 g/mol. The molecule has 0 bridgehead atoms. The Hall–Kier alpha value is -1.33. The maximum atomic E-state index is 3.45. The number of aryl methyl sites for hydroxylation is 3. The SMILES string of the molecule is CCCC(C)(Pc1ccc(C)cc1)c1cc(C)cc(C)c1NC. The second-order valence-corrected chi connectivity index (χ2v) is 8.76. The van der Waals surface area contributed by atoms with E-state index < -0.39 is 0 Å². The van der Waals surface area contributed by atoms with Crippen LogP contribution in [-0.2, 0) is 5.16 Å². The van der Waals surface area contributed by atoms with Gasteiger partial charge in [0.1, 0.15) is 0 Å². The van der Waals surface area contributed by atoms with Crippen LogP contribution in [0.5, 0.6) is 0 Å². The Kier molecular flexibility index (Phi) is 5.87. The summed E-state index contributed by atoms with van der Waals surface area (Å²) in [7, 11) is 2.83. The summed E-state index contributed by atoms with van der Waals surface area (Å²) in [6, 6.07) is 13.7. The van der Waals surface area contributed by atoms with Crippen molar-refractivity contribution < 1.29 is 0 Å². The molecule has 2 aromatic rings. The molecule has 2 atom stereocenters. The summed E-state index contributed by atoms with van der Waals surface area (Å²) in [5.41, 5.74) is 6.81. The van der Waals surface area contributed by atoms with Gasteiger partial charge in [0.2, 0.25) is 0 Å². The minimum atomic E-state index is 0.180. The van der Waals surface area contributed by atoms with E-state index in [1.54, 1.807) is 0 Å². The fourth-order valence-corrected chi connectivity index (χ4v) is 5.13. The molecule has 0 aliphatic rings. The molecule has 0 saturated carbocycles. The Bertz CT molecular complexity index is 660. The predicted octanol–water partition coefficient (Wildman–Crippen LogP) is 5.67. The molecule has 0 amide bonds. The number of anilines is 1. The van der Waals surface area contributed by atoms with Crippen molar-refractivity contribution in [2.45, 2.75) is 52.6 Å². The number of rotatable bonds is 6. The van der Waals surface area contributed by atoms with Crippen molar-refractivity contribution in [2.75, 3.05) is 12.4 Å². The third-order valence-electron chi connectivity index (χ3n) is 4.55. The minimum Gasteiger partial charge on any atom is -0.388 e. The van der Waals surface area contributed by atoms with Crippen molar-refractivity contribution in [1.82, 2.24) is 0 Å². The van der Waals surface area contributed by atoms with E-state index in [1.165, 1.54) is 46.1 Å². The molecule has 0 aromatic heterocycles. The molecule has 0 radical (unpaired) electrons. The maximum Gasteiger partial charge on any atom is 0.0409 e. The van der Waals surface area contributed by atoms with Crippen molar-refractivity contribution >= 4 is 19.6 Å². The van der Waals surface area contributed by atoms with Gasteiger partial charge in [0.25, 0.3) is 0 Å². The molecular weight excluding hydrogens is 297 g/mol. The molecule has 2 unspecified atom stereocenters. The third kappa shape index (κ3) is 4.15. The summed E-state index contributed by atoms with van der Waals surface area (Å²) >= 11 is 0. The zero-order chi connectivity index (χ0) is 17.0. The van der Waals surface area contributed by atoms with Crippen LogP contribution in [0.4, 0.5) is 5.69 Å². The van der Waals surface area contributed by atoms with Crippen LogP contribution in [0.1, 0.15) is 48.9 Å². The second kappa shape index (κ2) is 7.49. The highest BCUT2D eigenvalue weighted by Gasteiger charge is 2.29. The maximum absolute atomic E-state index is 3.45. The molecule has 124 valence electrons. The quantitative estimate of drug-likeness (QED) is 0.674. The van der Waals surface area contributed by atoms with Crippen LogP contribution in [0, 0.1) is 20.8 Å². The Labute approximate surface area is 143 Å². The highest BCUT2D eigenvalue weighted by Crippen LogP contribution is 2.48. The van der Waals surface area contributed by atoms with Crippen molar-refractivity contribution in [2.24, 2.45) is 0 Å². The number of hydrogen-bond acceptors (Lipinski definition) is 1. The lowest BCUT2D eigenvalue weighted by Gasteiger charge is -2.33. The molecular formula is C21H30NP. The van der Waals surface area contributed by atoms with Gasteiger partial charge in [-0.3, -0.25) is 0 Å². The lowest BCUT2D eigenvalue weighted by atomic mass is 9.90. The molecule has 2 heteroatoms. The van der Waals surface area contributed by atoms with Gasteiger partial charge in [-0.25, -0.2) is 0 Å². The highest BCUT2D eigenvalue weighted by molar-refractivity contribution is 7.48. The van der Waals surface area contributed by atoms with E-state index >= 15 is 0 Å². The van der Waals surface area contributed by atoms with E-state index in [0.717, 1.165) is 8.58 Å². The van der Waals surface area contributed by atoms with Gasteiger partial charge in [-0.2, -0.15) is 0 Å². The fourth-order valence-electron chi connectivity index (χ4n) is 3.45. The average Bonchev–Trinajstić information content (AvgIpc) is 2.49. The first kappa shape index (κ1) is 18.0. The Balaban J connectivity index is 2.50. The molecule has 1 nitrogen and oxygen atoms in total. The largest absolute Gasteiger partial charge is 0.388 e. The molecule has 2 aromatic carbocycles. The first-order valence-electron chi connectivity index (χ1n) is 8.54. The van der Waals surface area contributed by atoms with Crippen LogP contribution in [0.3, 0.4) is 0 Å². The van der Waals surface area contributed by atoms with Gasteiger partial charge in [-0.05, 0) is 43.6 Å². The van der Waals surface area contributed by atoms with E-state index in [-0.39, 0.29) is 5.16 Å². The van der Waals surface area contributed by atoms with Crippen molar-refractivity contribution in [1.29, 1.82) is 0 Å². The smallest absolute Gasteiger partial charge is 0.0409 e. The highest BCUT2D eigenvalue weighted by atomic mass is 31.1. The van der Waals surface area contributed by atoms with E-state index in [2.05, 4.69) is 76.3 Å². The van der Waals surface area contributed by atoms with Crippen LogP contribution >= 0.6 is 8.58 Å². The van der Waals surface area contributed by atoms with Gasteiger partial charge in [0.05, 0.1) is 0 Å². The summed E-state index contributed by atoms with van der Waals surface area (Å²) in [5.74, 6) is 0. The van der Waals surface area contributed by atoms with E-state index in [0.29, 0.717) is 0 Å². The van der Waals surface area contributed by atoms with E-state index in [4.69, 9.17) is 0 Å². The molecule has 0 heterocycles. The van der Waals surface area contributed by atoms with Gasteiger partial charge in [-0.15, -0.1) is 0 Å². The molecule has 0 spiro atoms. The van der Waals surface area contributed by atoms with Gasteiger partial charge >= 0.3 is 0 Å². The summed E-state index contributed by atoms with van der Waals surface area (Å²) < 4.78 is 0. The van der Waals surface area contributed by atoms with Gasteiger partial charge in [0, 0.05) is 17.9 Å². The predicted molar refractivity (Wildman–Crippen MR) is 107 cm³/mol. The second-order valence-electron chi connectivity index (χ2n) is 6.83. The van der Waals surface area contributed by atoms with Gasteiger partial charge in [-0.1, -0.05) is 76.4 Å². The Morgan fingerprint density at radius 2 is 1.65 bits per heavy atom. The standard InChI is InChI=1S/C21H30NP/c1-7-12-21(5,23-18-10-8-15(2)9-11-18)19-14-16(3)13-17(4)20(19)22-6/h8-11,13-14,22-23H,7,12H2,1-6H3. The van der Waals surface area contributed by atoms with Gasteiger partial charge in [0.15, 0.2) is 0 Å². The van der Waals surface area contributed by atoms with E-state index in [9.17, 15) is 0 Å². The molecule has 0 fully saturated rings. The Morgan fingerprint density at radius 1 is 1.00 bits per heavy atom. The molecule has 23 heavy (non-hydrogen) atoms. The molecule has 1 N–H and O–H groups in total. The Morgan fingerprint density at radius 3 is 2.22 bits per heavy atom. The van der Waals surface area contributed by atoms with Crippen LogP contribution in [-0.4, -0.2) is 7.05 Å². The topological polar surface area (TPSA) is 12.0 Å². The molecule has 2 rings (SSSR count). The van der Waals surface area contributed by atoms with Crippen molar-refractivity contribution in [3.63, 3.8) is 0 Å². The number of hydrogen-bond donors (Lipinski definition) is 1. The lowest BCUT2D eigenvalue weighted by Crippen LogP contribution is -2.21. The first-order chi connectivity index (χ1) is 10.9. The lowest BCUT2D eigenvalue weighted by molar-refractivity contribution is 0.606. The van der Waals surface area contributed by atoms with E-state index in [1.807, 2.05) is 7.05 Å². The number of benzene rings is 2. The first-order valence-corrected chi connectivity index (χ1v) is 9.54. The average molecular weight is 327 g/mol. The van der Waals surface area contributed by atoms with Crippen LogP contribution in [0.2, 0.25) is 0 Å².